The van der Waals surface area contributed by atoms with E-state index in [4.69, 9.17) is 0 Å². The fraction of sp³-hybridized carbons (Fsp3) is 0.300. The van der Waals surface area contributed by atoms with Crippen molar-refractivity contribution >= 4 is 17.2 Å². The number of alkyl halides is 1. The monoisotopic (exact) mass is 384 g/mol. The average Bonchev–Trinajstić information content (AvgIpc) is 3.11. The maximum atomic E-state index is 13.2. The van der Waals surface area contributed by atoms with Gasteiger partial charge in [0.25, 0.3) is 0 Å². The third-order valence-corrected chi connectivity index (χ3v) is 4.89. The van der Waals surface area contributed by atoms with Crippen LogP contribution in [0.1, 0.15) is 5.69 Å². The maximum absolute atomic E-state index is 13.2. The van der Waals surface area contributed by atoms with E-state index >= 15 is 0 Å². The van der Waals surface area contributed by atoms with Crippen molar-refractivity contribution in [3.63, 3.8) is 0 Å². The van der Waals surface area contributed by atoms with E-state index < -0.39 is 6.67 Å². The first kappa shape index (κ1) is 18.4. The summed E-state index contributed by atoms with van der Waals surface area (Å²) in [4.78, 5) is 9.06. The summed E-state index contributed by atoms with van der Waals surface area (Å²) in [6.45, 7) is 1.21. The molecule has 0 atom stereocenters. The lowest BCUT2D eigenvalue weighted by Crippen LogP contribution is -2.57. The van der Waals surface area contributed by atoms with Crippen LogP contribution in [0.5, 0.6) is 0 Å². The number of nitrogens with zero attached hydrogens (tertiary/aromatic N) is 5. The number of halogens is 2. The minimum atomic E-state index is -0.621. The molecule has 1 aromatic carbocycles. The summed E-state index contributed by atoms with van der Waals surface area (Å²) in [5, 5.41) is 7.43. The summed E-state index contributed by atoms with van der Waals surface area (Å²) in [5.41, 5.74) is 2.10. The van der Waals surface area contributed by atoms with Crippen LogP contribution in [0, 0.1) is 5.82 Å². The Morgan fingerprint density at radius 1 is 1.14 bits per heavy atom. The summed E-state index contributed by atoms with van der Waals surface area (Å²) in [7, 11) is 4.15. The Bertz CT molecular complexity index is 948. The molecule has 0 amide bonds. The predicted molar refractivity (Wildman–Crippen MR) is 106 cm³/mol. The van der Waals surface area contributed by atoms with Gasteiger partial charge in [-0.05, 0) is 44.4 Å². The van der Waals surface area contributed by atoms with E-state index in [9.17, 15) is 8.78 Å². The van der Waals surface area contributed by atoms with Crippen LogP contribution in [0.3, 0.4) is 0 Å². The third-order valence-electron chi connectivity index (χ3n) is 4.89. The largest absolute Gasteiger partial charge is 0.368 e. The van der Waals surface area contributed by atoms with E-state index in [1.165, 1.54) is 12.1 Å². The van der Waals surface area contributed by atoms with Gasteiger partial charge >= 0.3 is 0 Å². The lowest BCUT2D eigenvalue weighted by Gasteiger charge is -2.44. The van der Waals surface area contributed by atoms with Gasteiger partial charge in [-0.25, -0.2) is 18.4 Å². The molecule has 28 heavy (non-hydrogen) atoms. The van der Waals surface area contributed by atoms with Gasteiger partial charge in [0.05, 0.1) is 5.69 Å². The van der Waals surface area contributed by atoms with Crippen LogP contribution in [-0.2, 0) is 6.67 Å². The molecule has 0 radical (unpaired) electrons. The van der Waals surface area contributed by atoms with Gasteiger partial charge in [-0.15, -0.1) is 0 Å². The Morgan fingerprint density at radius 3 is 2.54 bits per heavy atom. The topological polar surface area (TPSA) is 49.2 Å². The molecule has 1 aliphatic heterocycles. The average molecular weight is 384 g/mol. The van der Waals surface area contributed by atoms with Crippen molar-refractivity contribution in [1.29, 1.82) is 0 Å². The molecule has 0 aliphatic carbocycles. The van der Waals surface area contributed by atoms with E-state index in [1.807, 2.05) is 12.1 Å². The molecule has 0 spiro atoms. The number of nitrogens with one attached hydrogen (secondary N) is 1. The van der Waals surface area contributed by atoms with E-state index in [1.54, 1.807) is 29.1 Å². The molecule has 0 saturated carbocycles. The van der Waals surface area contributed by atoms with Crippen LogP contribution in [0.25, 0.3) is 5.82 Å². The van der Waals surface area contributed by atoms with Crippen LogP contribution in [0.4, 0.5) is 26.0 Å². The van der Waals surface area contributed by atoms with Crippen molar-refractivity contribution in [3.8, 4) is 5.82 Å². The summed E-state index contributed by atoms with van der Waals surface area (Å²) in [6, 6.07) is 12.1. The van der Waals surface area contributed by atoms with Crippen LogP contribution in [-0.4, -0.2) is 52.9 Å². The SMILES string of the molecule is CN(C)C1CN(c2cc(Nc3ccc(F)cc3)nc(-n3ccc(CF)n3)c2)C1. The van der Waals surface area contributed by atoms with Crippen molar-refractivity contribution in [2.75, 3.05) is 37.4 Å². The third kappa shape index (κ3) is 3.82. The highest BCUT2D eigenvalue weighted by Gasteiger charge is 2.29. The van der Waals surface area contributed by atoms with Gasteiger partial charge in [0.2, 0.25) is 0 Å². The van der Waals surface area contributed by atoms with Crippen molar-refractivity contribution in [2.24, 2.45) is 0 Å². The van der Waals surface area contributed by atoms with Gasteiger partial charge in [-0.2, -0.15) is 5.10 Å². The second-order valence-corrected chi connectivity index (χ2v) is 7.11. The molecule has 146 valence electrons. The number of anilines is 3. The van der Waals surface area contributed by atoms with E-state index in [0.717, 1.165) is 24.5 Å². The van der Waals surface area contributed by atoms with Gasteiger partial charge in [0.15, 0.2) is 5.82 Å². The zero-order valence-corrected chi connectivity index (χ0v) is 15.8. The highest BCUT2D eigenvalue weighted by Crippen LogP contribution is 2.28. The van der Waals surface area contributed by atoms with Crippen LogP contribution < -0.4 is 10.2 Å². The van der Waals surface area contributed by atoms with Crippen LogP contribution >= 0.6 is 0 Å². The number of hydrogen-bond donors (Lipinski definition) is 1. The molecule has 1 N–H and O–H groups in total. The zero-order chi connectivity index (χ0) is 19.7. The molecular weight excluding hydrogens is 362 g/mol. The minimum absolute atomic E-state index is 0.293. The van der Waals surface area contributed by atoms with Gasteiger partial charge in [0.1, 0.15) is 18.3 Å². The molecule has 1 fully saturated rings. The van der Waals surface area contributed by atoms with E-state index in [-0.39, 0.29) is 5.82 Å². The molecule has 1 saturated heterocycles. The summed E-state index contributed by atoms with van der Waals surface area (Å²) in [6.07, 6.45) is 1.70. The second kappa shape index (κ2) is 7.55. The van der Waals surface area contributed by atoms with E-state index in [2.05, 4.69) is 39.3 Å². The first-order valence-corrected chi connectivity index (χ1v) is 9.09. The Hall–Kier alpha value is -3.00. The molecule has 1 aliphatic rings. The molecule has 0 unspecified atom stereocenters. The smallest absolute Gasteiger partial charge is 0.157 e. The molecule has 3 heterocycles. The van der Waals surface area contributed by atoms with Gasteiger partial charge in [-0.3, -0.25) is 0 Å². The number of aromatic nitrogens is 3. The van der Waals surface area contributed by atoms with Crippen molar-refractivity contribution in [3.05, 3.63) is 60.2 Å². The number of pyridine rings is 1. The standard InChI is InChI=1S/C20H22F2N6/c1-26(2)18-12-27(13-18)17-9-19(23-15-5-3-14(22)4-6-15)24-20(10-17)28-8-7-16(11-21)25-28/h3-10,18H,11-13H2,1-2H3,(H,23,24). The number of benzene rings is 1. The molecular formula is C20H22F2N6. The Kier molecular flexibility index (Phi) is 4.95. The summed E-state index contributed by atoms with van der Waals surface area (Å²) >= 11 is 0. The van der Waals surface area contributed by atoms with Gasteiger partial charge < -0.3 is 15.1 Å². The first-order chi connectivity index (χ1) is 13.5. The predicted octanol–water partition coefficient (Wildman–Crippen LogP) is 3.37. The Labute approximate surface area is 162 Å². The fourth-order valence-corrected chi connectivity index (χ4v) is 3.10. The highest BCUT2D eigenvalue weighted by molar-refractivity contribution is 5.65. The lowest BCUT2D eigenvalue weighted by molar-refractivity contribution is 0.247. The fourth-order valence-electron chi connectivity index (χ4n) is 3.10. The number of hydrogen-bond acceptors (Lipinski definition) is 5. The summed E-state index contributed by atoms with van der Waals surface area (Å²) < 4.78 is 27.6. The first-order valence-electron chi connectivity index (χ1n) is 9.09. The molecule has 3 aromatic rings. The zero-order valence-electron chi connectivity index (χ0n) is 15.8. The molecule has 8 heteroatoms. The Balaban J connectivity index is 1.65. The summed E-state index contributed by atoms with van der Waals surface area (Å²) in [5.74, 6) is 0.915. The maximum Gasteiger partial charge on any atom is 0.157 e. The van der Waals surface area contributed by atoms with Crippen LogP contribution in [0.2, 0.25) is 0 Å². The van der Waals surface area contributed by atoms with Crippen LogP contribution in [0.15, 0.2) is 48.7 Å². The van der Waals surface area contributed by atoms with Crippen molar-refractivity contribution in [1.82, 2.24) is 19.7 Å². The van der Waals surface area contributed by atoms with Crippen molar-refractivity contribution in [2.45, 2.75) is 12.7 Å². The van der Waals surface area contributed by atoms with Crippen molar-refractivity contribution < 1.29 is 8.78 Å². The quantitative estimate of drug-likeness (QED) is 0.706. The van der Waals surface area contributed by atoms with Gasteiger partial charge in [-0.1, -0.05) is 0 Å². The number of rotatable bonds is 6. The Morgan fingerprint density at radius 2 is 1.89 bits per heavy atom. The molecule has 2 aromatic heterocycles. The highest BCUT2D eigenvalue weighted by atomic mass is 19.1. The lowest BCUT2D eigenvalue weighted by atomic mass is 10.1. The number of likely N-dealkylation sites (N-methyl/N-ethyl adjacent to an activating group) is 1. The molecule has 0 bridgehead atoms. The van der Waals surface area contributed by atoms with E-state index in [0.29, 0.717) is 23.4 Å². The normalized spacial score (nSPS) is 14.4. The molecule has 4 rings (SSSR count). The molecule has 6 nitrogen and oxygen atoms in total. The van der Waals surface area contributed by atoms with Gasteiger partial charge in [0, 0.05) is 48.8 Å². The second-order valence-electron chi connectivity index (χ2n) is 7.11. The minimum Gasteiger partial charge on any atom is -0.368 e.